The van der Waals surface area contributed by atoms with Gasteiger partial charge in [0.25, 0.3) is 0 Å². The van der Waals surface area contributed by atoms with E-state index in [1.807, 2.05) is 18.7 Å². The first-order valence-electron chi connectivity index (χ1n) is 11.9. The maximum absolute atomic E-state index is 12.0. The van der Waals surface area contributed by atoms with Crippen molar-refractivity contribution in [3.63, 3.8) is 0 Å². The Labute approximate surface area is 165 Å². The lowest BCUT2D eigenvalue weighted by Gasteiger charge is -2.22. The van der Waals surface area contributed by atoms with Gasteiger partial charge in [-0.3, -0.25) is 4.79 Å². The van der Waals surface area contributed by atoms with Crippen LogP contribution in [0.5, 0.6) is 0 Å². The summed E-state index contributed by atoms with van der Waals surface area (Å²) in [5, 5.41) is 0. The van der Waals surface area contributed by atoms with Crippen molar-refractivity contribution in [2.45, 2.75) is 130 Å². The fourth-order valence-electron chi connectivity index (χ4n) is 3.64. The van der Waals surface area contributed by atoms with Crippen molar-refractivity contribution < 1.29 is 4.79 Å². The molecule has 2 heteroatoms. The highest BCUT2D eigenvalue weighted by molar-refractivity contribution is 5.78. The zero-order valence-electron chi connectivity index (χ0n) is 18.7. The van der Waals surface area contributed by atoms with E-state index < -0.39 is 0 Å². The summed E-state index contributed by atoms with van der Waals surface area (Å²) in [4.78, 5) is 14.0. The van der Waals surface area contributed by atoms with Crippen molar-refractivity contribution in [2.24, 2.45) is 5.92 Å². The van der Waals surface area contributed by atoms with Crippen LogP contribution in [0.3, 0.4) is 0 Å². The van der Waals surface area contributed by atoms with Gasteiger partial charge in [0.2, 0.25) is 5.91 Å². The number of nitrogens with zero attached hydrogens (tertiary/aromatic N) is 1. The Morgan fingerprint density at radius 3 is 1.27 bits per heavy atom. The third-order valence-corrected chi connectivity index (χ3v) is 5.47. The number of carbonyl (C=O) groups excluding carboxylic acids is 1. The molecule has 0 radical (unpaired) electrons. The maximum atomic E-state index is 12.0. The highest BCUT2D eigenvalue weighted by atomic mass is 16.2. The normalized spacial score (nSPS) is 11.3. The van der Waals surface area contributed by atoms with Gasteiger partial charge in [0.1, 0.15) is 0 Å². The molecule has 0 aliphatic heterocycles. The van der Waals surface area contributed by atoms with Crippen LogP contribution in [0.25, 0.3) is 0 Å². The van der Waals surface area contributed by atoms with Crippen LogP contribution in [-0.2, 0) is 4.79 Å². The molecule has 0 atom stereocenters. The summed E-state index contributed by atoms with van der Waals surface area (Å²) in [5.74, 6) is 0.449. The molecule has 0 saturated carbocycles. The molecule has 0 spiro atoms. The van der Waals surface area contributed by atoms with Crippen LogP contribution in [0.1, 0.15) is 130 Å². The Kier molecular flexibility index (Phi) is 18.8. The van der Waals surface area contributed by atoms with Crippen molar-refractivity contribution in [3.8, 4) is 0 Å². The number of hydrogen-bond acceptors (Lipinski definition) is 1. The molecule has 0 aromatic carbocycles. The molecule has 0 bridgehead atoms. The first-order valence-corrected chi connectivity index (χ1v) is 11.9. The van der Waals surface area contributed by atoms with E-state index in [-0.39, 0.29) is 5.92 Å². The standard InChI is InChI=1S/C24H49NO/c1-5-7-8-9-10-11-12-13-14-15-16-17-18-19-20-21-22-25(6-2)24(26)23(3)4/h23H,5-22H2,1-4H3. The highest BCUT2D eigenvalue weighted by Gasteiger charge is 2.14. The Morgan fingerprint density at radius 2 is 0.962 bits per heavy atom. The molecule has 0 aliphatic carbocycles. The van der Waals surface area contributed by atoms with Gasteiger partial charge in [-0.1, -0.05) is 117 Å². The number of unbranched alkanes of at least 4 members (excludes halogenated alkanes) is 15. The Morgan fingerprint density at radius 1 is 0.615 bits per heavy atom. The molecule has 156 valence electrons. The molecule has 1 amide bonds. The van der Waals surface area contributed by atoms with Crippen LogP contribution >= 0.6 is 0 Å². The second-order valence-corrected chi connectivity index (χ2v) is 8.38. The molecule has 0 aromatic rings. The molecule has 0 aromatic heterocycles. The van der Waals surface area contributed by atoms with E-state index >= 15 is 0 Å². The molecule has 26 heavy (non-hydrogen) atoms. The second kappa shape index (κ2) is 19.2. The predicted octanol–water partition coefficient (Wildman–Crippen LogP) is 7.75. The van der Waals surface area contributed by atoms with Gasteiger partial charge in [-0.05, 0) is 13.3 Å². The van der Waals surface area contributed by atoms with Gasteiger partial charge in [0.05, 0.1) is 0 Å². The fraction of sp³-hybridized carbons (Fsp3) is 0.958. The van der Waals surface area contributed by atoms with Gasteiger partial charge in [0.15, 0.2) is 0 Å². The van der Waals surface area contributed by atoms with Crippen molar-refractivity contribution in [3.05, 3.63) is 0 Å². The van der Waals surface area contributed by atoms with Gasteiger partial charge in [-0.2, -0.15) is 0 Å². The maximum Gasteiger partial charge on any atom is 0.225 e. The Balaban J connectivity index is 3.25. The molecule has 0 aliphatic rings. The molecule has 0 saturated heterocycles. The summed E-state index contributed by atoms with van der Waals surface area (Å²) in [7, 11) is 0. The van der Waals surface area contributed by atoms with E-state index in [0.717, 1.165) is 13.1 Å². The van der Waals surface area contributed by atoms with Gasteiger partial charge in [-0.25, -0.2) is 0 Å². The van der Waals surface area contributed by atoms with E-state index in [1.54, 1.807) is 0 Å². The van der Waals surface area contributed by atoms with Crippen molar-refractivity contribution >= 4 is 5.91 Å². The predicted molar refractivity (Wildman–Crippen MR) is 117 cm³/mol. The van der Waals surface area contributed by atoms with E-state index in [4.69, 9.17) is 0 Å². The van der Waals surface area contributed by atoms with Crippen LogP contribution < -0.4 is 0 Å². The average molecular weight is 368 g/mol. The summed E-state index contributed by atoms with van der Waals surface area (Å²) < 4.78 is 0. The SMILES string of the molecule is CCCCCCCCCCCCCCCCCCN(CC)C(=O)C(C)C. The van der Waals surface area contributed by atoms with Crippen molar-refractivity contribution in [1.82, 2.24) is 4.90 Å². The van der Waals surface area contributed by atoms with Crippen LogP contribution in [0, 0.1) is 5.92 Å². The first kappa shape index (κ1) is 25.5. The largest absolute Gasteiger partial charge is 0.343 e. The molecule has 0 unspecified atom stereocenters. The number of amides is 1. The molecule has 0 heterocycles. The topological polar surface area (TPSA) is 20.3 Å². The third-order valence-electron chi connectivity index (χ3n) is 5.47. The van der Waals surface area contributed by atoms with Gasteiger partial charge >= 0.3 is 0 Å². The highest BCUT2D eigenvalue weighted by Crippen LogP contribution is 2.14. The lowest BCUT2D eigenvalue weighted by Crippen LogP contribution is -2.34. The quantitative estimate of drug-likeness (QED) is 0.214. The summed E-state index contributed by atoms with van der Waals surface area (Å²) in [6.45, 7) is 10.2. The number of hydrogen-bond donors (Lipinski definition) is 0. The van der Waals surface area contributed by atoms with Gasteiger partial charge in [-0.15, -0.1) is 0 Å². The minimum atomic E-state index is 0.135. The van der Waals surface area contributed by atoms with Gasteiger partial charge in [0, 0.05) is 19.0 Å². The third kappa shape index (κ3) is 15.7. The molecule has 2 nitrogen and oxygen atoms in total. The minimum absolute atomic E-state index is 0.135. The zero-order chi connectivity index (χ0) is 19.5. The average Bonchev–Trinajstić information content (AvgIpc) is 2.64. The van der Waals surface area contributed by atoms with Crippen molar-refractivity contribution in [2.75, 3.05) is 13.1 Å². The van der Waals surface area contributed by atoms with E-state index in [0.29, 0.717) is 5.91 Å². The van der Waals surface area contributed by atoms with Crippen LogP contribution in [-0.4, -0.2) is 23.9 Å². The van der Waals surface area contributed by atoms with E-state index in [9.17, 15) is 4.79 Å². The summed E-state index contributed by atoms with van der Waals surface area (Å²) >= 11 is 0. The molecule has 0 rings (SSSR count). The number of carbonyl (C=O) groups is 1. The molecular formula is C24H49NO. The molecule has 0 N–H and O–H groups in total. The number of rotatable bonds is 19. The Hall–Kier alpha value is -0.530. The lowest BCUT2D eigenvalue weighted by atomic mass is 10.0. The lowest BCUT2D eigenvalue weighted by molar-refractivity contribution is -0.134. The van der Waals surface area contributed by atoms with E-state index in [2.05, 4.69) is 13.8 Å². The van der Waals surface area contributed by atoms with Crippen molar-refractivity contribution in [1.29, 1.82) is 0 Å². The first-order chi connectivity index (χ1) is 12.6. The molecule has 0 fully saturated rings. The van der Waals surface area contributed by atoms with Crippen LogP contribution in [0.4, 0.5) is 0 Å². The fourth-order valence-corrected chi connectivity index (χ4v) is 3.64. The molecular weight excluding hydrogens is 318 g/mol. The monoisotopic (exact) mass is 367 g/mol. The summed E-state index contributed by atoms with van der Waals surface area (Å²) in [6, 6.07) is 0. The van der Waals surface area contributed by atoms with Crippen LogP contribution in [0.2, 0.25) is 0 Å². The second-order valence-electron chi connectivity index (χ2n) is 8.38. The van der Waals surface area contributed by atoms with E-state index in [1.165, 1.54) is 103 Å². The van der Waals surface area contributed by atoms with Crippen LogP contribution in [0.15, 0.2) is 0 Å². The van der Waals surface area contributed by atoms with Gasteiger partial charge < -0.3 is 4.90 Å². The summed E-state index contributed by atoms with van der Waals surface area (Å²) in [6.07, 6.45) is 22.4. The minimum Gasteiger partial charge on any atom is -0.343 e. The summed E-state index contributed by atoms with van der Waals surface area (Å²) in [5.41, 5.74) is 0. The smallest absolute Gasteiger partial charge is 0.225 e. The zero-order valence-corrected chi connectivity index (χ0v) is 18.7. The Bertz CT molecular complexity index is 301.